The van der Waals surface area contributed by atoms with Crippen molar-refractivity contribution in [2.75, 3.05) is 19.8 Å². The van der Waals surface area contributed by atoms with Crippen LogP contribution in [-0.2, 0) is 9.47 Å². The molecule has 1 unspecified atom stereocenters. The molecule has 0 radical (unpaired) electrons. The van der Waals surface area contributed by atoms with Crippen LogP contribution in [0.5, 0.6) is 0 Å². The van der Waals surface area contributed by atoms with E-state index in [1.165, 1.54) is 0 Å². The topological polar surface area (TPSA) is 67.8 Å². The highest BCUT2D eigenvalue weighted by Gasteiger charge is 2.15. The van der Waals surface area contributed by atoms with E-state index >= 15 is 0 Å². The number of aliphatic hydroxyl groups is 1. The number of alkyl carbamates (subject to hydrolysis) is 1. The first-order valence-corrected chi connectivity index (χ1v) is 6.04. The van der Waals surface area contributed by atoms with Crippen LogP contribution in [0, 0.1) is 0 Å². The lowest BCUT2D eigenvalue weighted by Crippen LogP contribution is -2.33. The summed E-state index contributed by atoms with van der Waals surface area (Å²) in [6.07, 6.45) is 1.02. The highest BCUT2D eigenvalue weighted by atomic mass is 16.6. The van der Waals surface area contributed by atoms with Gasteiger partial charge in [0.05, 0.1) is 6.10 Å². The van der Waals surface area contributed by atoms with Crippen molar-refractivity contribution in [2.45, 2.75) is 52.2 Å². The summed E-state index contributed by atoms with van der Waals surface area (Å²) in [6, 6.07) is 0. The van der Waals surface area contributed by atoms with Crippen LogP contribution in [-0.4, -0.2) is 42.7 Å². The van der Waals surface area contributed by atoms with Gasteiger partial charge in [0.15, 0.2) is 0 Å². The second-order valence-electron chi connectivity index (χ2n) is 4.98. The predicted octanol–water partition coefficient (Wildman–Crippen LogP) is 1.69. The van der Waals surface area contributed by atoms with Crippen molar-refractivity contribution < 1.29 is 19.4 Å². The van der Waals surface area contributed by atoms with Gasteiger partial charge in [-0.05, 0) is 40.5 Å². The molecule has 5 nitrogen and oxygen atoms in total. The fourth-order valence-corrected chi connectivity index (χ4v) is 1.13. The highest BCUT2D eigenvalue weighted by Crippen LogP contribution is 2.06. The third kappa shape index (κ3) is 11.5. The lowest BCUT2D eigenvalue weighted by atomic mass is 10.2. The van der Waals surface area contributed by atoms with Gasteiger partial charge in [0.2, 0.25) is 0 Å². The van der Waals surface area contributed by atoms with Gasteiger partial charge in [-0.25, -0.2) is 4.79 Å². The fraction of sp³-hybridized carbons (Fsp3) is 0.917. The van der Waals surface area contributed by atoms with Crippen molar-refractivity contribution in [3.05, 3.63) is 0 Å². The molecule has 0 rings (SSSR count). The molecule has 0 aromatic heterocycles. The van der Waals surface area contributed by atoms with E-state index in [2.05, 4.69) is 5.32 Å². The number of carbonyl (C=O) groups excluding carboxylic acids is 1. The van der Waals surface area contributed by atoms with Crippen molar-refractivity contribution in [1.29, 1.82) is 0 Å². The zero-order valence-electron chi connectivity index (χ0n) is 11.3. The Balaban J connectivity index is 3.43. The summed E-state index contributed by atoms with van der Waals surface area (Å²) in [4.78, 5) is 11.3. The minimum atomic E-state index is -0.462. The molecule has 17 heavy (non-hydrogen) atoms. The number of hydrogen-bond donors (Lipinski definition) is 2. The zero-order valence-corrected chi connectivity index (χ0v) is 11.3. The lowest BCUT2D eigenvalue weighted by molar-refractivity contribution is 0.0425. The van der Waals surface area contributed by atoms with Crippen molar-refractivity contribution in [2.24, 2.45) is 0 Å². The predicted molar refractivity (Wildman–Crippen MR) is 66.0 cm³/mol. The Morgan fingerprint density at radius 3 is 2.59 bits per heavy atom. The summed E-state index contributed by atoms with van der Waals surface area (Å²) in [5.41, 5.74) is -0.462. The van der Waals surface area contributed by atoms with E-state index in [-0.39, 0.29) is 12.7 Å². The van der Waals surface area contributed by atoms with Gasteiger partial charge in [-0.2, -0.15) is 0 Å². The third-order valence-corrected chi connectivity index (χ3v) is 1.93. The molecule has 0 fully saturated rings. The summed E-state index contributed by atoms with van der Waals surface area (Å²) in [5, 5.41) is 11.3. The standard InChI is InChI=1S/C12H25NO4/c1-10(6-8-14)16-9-5-7-13-11(15)17-12(2,3)4/h10,14H,5-9H2,1-4H3,(H,13,15). The summed E-state index contributed by atoms with van der Waals surface area (Å²) >= 11 is 0. The van der Waals surface area contributed by atoms with Crippen molar-refractivity contribution in [3.8, 4) is 0 Å². The fourth-order valence-electron chi connectivity index (χ4n) is 1.13. The van der Waals surface area contributed by atoms with Crippen LogP contribution in [0.25, 0.3) is 0 Å². The second kappa shape index (κ2) is 8.31. The Labute approximate surface area is 103 Å². The molecule has 2 N–H and O–H groups in total. The molecule has 0 aromatic carbocycles. The molecule has 0 aliphatic heterocycles. The Hall–Kier alpha value is -0.810. The van der Waals surface area contributed by atoms with Gasteiger partial charge >= 0.3 is 6.09 Å². The Bertz CT molecular complexity index is 213. The first kappa shape index (κ1) is 16.2. The summed E-state index contributed by atoms with van der Waals surface area (Å²) in [6.45, 7) is 8.62. The monoisotopic (exact) mass is 247 g/mol. The molecule has 1 atom stereocenters. The number of hydrogen-bond acceptors (Lipinski definition) is 4. The molecule has 0 spiro atoms. The third-order valence-electron chi connectivity index (χ3n) is 1.93. The molecule has 0 heterocycles. The number of rotatable bonds is 7. The van der Waals surface area contributed by atoms with Gasteiger partial charge in [0.1, 0.15) is 5.60 Å². The van der Waals surface area contributed by atoms with Crippen LogP contribution in [0.1, 0.15) is 40.5 Å². The first-order valence-electron chi connectivity index (χ1n) is 6.04. The molecular formula is C12H25NO4. The normalized spacial score (nSPS) is 13.2. The number of aliphatic hydroxyl groups excluding tert-OH is 1. The molecule has 102 valence electrons. The quantitative estimate of drug-likeness (QED) is 0.672. The smallest absolute Gasteiger partial charge is 0.407 e. The Morgan fingerprint density at radius 1 is 1.41 bits per heavy atom. The van der Waals surface area contributed by atoms with Crippen LogP contribution in [0.2, 0.25) is 0 Å². The zero-order chi connectivity index (χ0) is 13.3. The van der Waals surface area contributed by atoms with Gasteiger partial charge in [-0.3, -0.25) is 0 Å². The van der Waals surface area contributed by atoms with Crippen LogP contribution in [0.3, 0.4) is 0 Å². The molecule has 0 aliphatic carbocycles. The highest BCUT2D eigenvalue weighted by molar-refractivity contribution is 5.67. The van der Waals surface area contributed by atoms with Crippen LogP contribution in [0.15, 0.2) is 0 Å². The van der Waals surface area contributed by atoms with Crippen molar-refractivity contribution in [3.63, 3.8) is 0 Å². The lowest BCUT2D eigenvalue weighted by Gasteiger charge is -2.19. The van der Waals surface area contributed by atoms with E-state index in [0.29, 0.717) is 19.6 Å². The molecule has 0 aliphatic rings. The van der Waals surface area contributed by atoms with E-state index in [1.54, 1.807) is 0 Å². The van der Waals surface area contributed by atoms with Gasteiger partial charge in [-0.1, -0.05) is 0 Å². The second-order valence-corrected chi connectivity index (χ2v) is 4.98. The van der Waals surface area contributed by atoms with E-state index < -0.39 is 11.7 Å². The van der Waals surface area contributed by atoms with Crippen LogP contribution < -0.4 is 5.32 Å². The average Bonchev–Trinajstić information content (AvgIpc) is 2.14. The maximum Gasteiger partial charge on any atom is 0.407 e. The van der Waals surface area contributed by atoms with E-state index in [0.717, 1.165) is 6.42 Å². The van der Waals surface area contributed by atoms with Crippen LogP contribution in [0.4, 0.5) is 4.79 Å². The molecule has 0 bridgehead atoms. The van der Waals surface area contributed by atoms with Crippen molar-refractivity contribution >= 4 is 6.09 Å². The average molecular weight is 247 g/mol. The molecule has 0 saturated carbocycles. The van der Waals surface area contributed by atoms with E-state index in [9.17, 15) is 4.79 Å². The van der Waals surface area contributed by atoms with Gasteiger partial charge in [-0.15, -0.1) is 0 Å². The van der Waals surface area contributed by atoms with Gasteiger partial charge in [0.25, 0.3) is 0 Å². The summed E-state index contributed by atoms with van der Waals surface area (Å²) < 4.78 is 10.5. The molecule has 1 amide bonds. The minimum Gasteiger partial charge on any atom is -0.444 e. The number of ether oxygens (including phenoxy) is 2. The van der Waals surface area contributed by atoms with E-state index in [1.807, 2.05) is 27.7 Å². The number of amides is 1. The maximum absolute atomic E-state index is 11.3. The van der Waals surface area contributed by atoms with Crippen LogP contribution >= 0.6 is 0 Å². The van der Waals surface area contributed by atoms with Gasteiger partial charge < -0.3 is 19.9 Å². The SMILES string of the molecule is CC(CCO)OCCCNC(=O)OC(C)(C)C. The minimum absolute atomic E-state index is 0.0570. The number of nitrogens with one attached hydrogen (secondary N) is 1. The Kier molecular flexibility index (Phi) is 7.91. The molecule has 5 heteroatoms. The maximum atomic E-state index is 11.3. The van der Waals surface area contributed by atoms with Gasteiger partial charge in [0, 0.05) is 19.8 Å². The molecular weight excluding hydrogens is 222 g/mol. The first-order chi connectivity index (χ1) is 7.85. The Morgan fingerprint density at radius 2 is 2.06 bits per heavy atom. The molecule has 0 aromatic rings. The molecule has 0 saturated heterocycles. The summed E-state index contributed by atoms with van der Waals surface area (Å²) in [7, 11) is 0. The van der Waals surface area contributed by atoms with Crippen molar-refractivity contribution in [1.82, 2.24) is 5.32 Å². The number of carbonyl (C=O) groups is 1. The summed E-state index contributed by atoms with van der Waals surface area (Å²) in [5.74, 6) is 0. The van der Waals surface area contributed by atoms with E-state index in [4.69, 9.17) is 14.6 Å². The largest absolute Gasteiger partial charge is 0.444 e.